The van der Waals surface area contributed by atoms with Crippen molar-refractivity contribution in [1.82, 2.24) is 10.5 Å². The Morgan fingerprint density at radius 2 is 2.03 bits per heavy atom. The first-order chi connectivity index (χ1) is 14.2. The maximum atomic E-state index is 9.14. The van der Waals surface area contributed by atoms with E-state index in [0.717, 1.165) is 74.2 Å². The van der Waals surface area contributed by atoms with Crippen LogP contribution < -0.4 is 5.48 Å². The second kappa shape index (κ2) is 11.5. The summed E-state index contributed by atoms with van der Waals surface area (Å²) in [6, 6.07) is 4.40. The quantitative estimate of drug-likeness (QED) is 0.488. The van der Waals surface area contributed by atoms with Crippen molar-refractivity contribution >= 4 is 0 Å². The molecule has 0 radical (unpaired) electrons. The highest BCUT2D eigenvalue weighted by atomic mass is 16.5. The Morgan fingerprint density at radius 1 is 1.21 bits per heavy atom. The van der Waals surface area contributed by atoms with E-state index in [4.69, 9.17) is 9.94 Å². The van der Waals surface area contributed by atoms with Gasteiger partial charge in [-0.05, 0) is 86.5 Å². The highest BCUT2D eigenvalue weighted by molar-refractivity contribution is 5.09. The van der Waals surface area contributed by atoms with E-state index in [9.17, 15) is 0 Å². The van der Waals surface area contributed by atoms with Crippen LogP contribution in [0.15, 0.2) is 48.2 Å². The van der Waals surface area contributed by atoms with Gasteiger partial charge in [-0.3, -0.25) is 4.98 Å². The number of aryl methyl sites for hydroxylation is 1. The molecule has 0 aromatic carbocycles. The summed E-state index contributed by atoms with van der Waals surface area (Å²) < 4.78 is 6.23. The van der Waals surface area contributed by atoms with Gasteiger partial charge in [0.05, 0.1) is 11.5 Å². The number of pyridine rings is 1. The summed E-state index contributed by atoms with van der Waals surface area (Å²) in [6.07, 6.45) is 19.3. The Morgan fingerprint density at radius 3 is 2.72 bits per heavy atom. The first-order valence-electron chi connectivity index (χ1n) is 11.5. The molecule has 0 saturated heterocycles. The van der Waals surface area contributed by atoms with Crippen molar-refractivity contribution in [3.8, 4) is 0 Å². The van der Waals surface area contributed by atoms with Crippen LogP contribution in [-0.2, 0) is 11.2 Å². The summed E-state index contributed by atoms with van der Waals surface area (Å²) in [6.45, 7) is 4.79. The fourth-order valence-electron chi connectivity index (χ4n) is 4.92. The minimum atomic E-state index is 0.166. The molecule has 0 fully saturated rings. The minimum Gasteiger partial charge on any atom is -0.467 e. The molecule has 1 aromatic rings. The second-order valence-electron chi connectivity index (χ2n) is 8.86. The molecule has 1 aromatic heterocycles. The largest absolute Gasteiger partial charge is 0.467 e. The van der Waals surface area contributed by atoms with Crippen LogP contribution in [0.1, 0.15) is 77.2 Å². The lowest BCUT2D eigenvalue weighted by Crippen LogP contribution is -2.24. The number of nitrogens with one attached hydrogen (secondary N) is 1. The van der Waals surface area contributed by atoms with Gasteiger partial charge in [0.15, 0.2) is 0 Å². The van der Waals surface area contributed by atoms with Crippen molar-refractivity contribution < 1.29 is 9.94 Å². The van der Waals surface area contributed by atoms with E-state index in [1.165, 1.54) is 24.8 Å². The van der Waals surface area contributed by atoms with Gasteiger partial charge in [0.2, 0.25) is 0 Å². The van der Waals surface area contributed by atoms with E-state index in [2.05, 4.69) is 42.5 Å². The third-order valence-electron chi connectivity index (χ3n) is 7.00. The maximum Gasteiger partial charge on any atom is 0.0996 e. The van der Waals surface area contributed by atoms with Crippen molar-refractivity contribution in [2.24, 2.45) is 17.8 Å². The van der Waals surface area contributed by atoms with Crippen molar-refractivity contribution in [2.45, 2.75) is 84.1 Å². The lowest BCUT2D eigenvalue weighted by molar-refractivity contribution is 0.122. The van der Waals surface area contributed by atoms with Gasteiger partial charge in [-0.2, -0.15) is 0 Å². The first-order valence-corrected chi connectivity index (χ1v) is 11.5. The first kappa shape index (κ1) is 22.0. The normalized spacial score (nSPS) is 24.8. The molecule has 3 rings (SSSR count). The van der Waals surface area contributed by atoms with E-state index >= 15 is 0 Å². The Bertz CT molecular complexity index is 671. The average molecular weight is 399 g/mol. The fourth-order valence-corrected chi connectivity index (χ4v) is 4.92. The molecule has 4 heteroatoms. The molecule has 0 bridgehead atoms. The molecule has 4 nitrogen and oxygen atoms in total. The SMILES string of the molecule is CCC(CCc1cccnc1)C(C)C1CC=C(OC2=CCC(NO)CCC2)CC1. The molecule has 2 aliphatic rings. The molecule has 29 heavy (non-hydrogen) atoms. The predicted molar refractivity (Wildman–Crippen MR) is 117 cm³/mol. The third-order valence-corrected chi connectivity index (χ3v) is 7.00. The average Bonchev–Trinajstić information content (AvgIpc) is 3.00. The van der Waals surface area contributed by atoms with Gasteiger partial charge in [0.25, 0.3) is 0 Å². The van der Waals surface area contributed by atoms with Gasteiger partial charge in [0.1, 0.15) is 0 Å². The number of hydrogen-bond donors (Lipinski definition) is 2. The van der Waals surface area contributed by atoms with Gasteiger partial charge in [-0.25, -0.2) is 5.48 Å². The molecule has 2 N–H and O–H groups in total. The standard InChI is InChI=1S/C25H38N2O2/c1-3-21(10-9-20-6-5-17-26-18-20)19(2)22-11-14-25(15-12-22)29-24-8-4-7-23(27-28)13-16-24/h5-6,14,16-19,21-23,27-28H,3-4,7-13,15H2,1-2H3. The maximum absolute atomic E-state index is 9.14. The molecule has 4 unspecified atom stereocenters. The van der Waals surface area contributed by atoms with Crippen molar-refractivity contribution in [3.05, 3.63) is 53.8 Å². The van der Waals surface area contributed by atoms with Gasteiger partial charge in [-0.15, -0.1) is 0 Å². The van der Waals surface area contributed by atoms with E-state index < -0.39 is 0 Å². The Kier molecular flexibility index (Phi) is 8.75. The third kappa shape index (κ3) is 6.68. The van der Waals surface area contributed by atoms with Crippen LogP contribution in [0, 0.1) is 17.8 Å². The molecular weight excluding hydrogens is 360 g/mol. The number of allylic oxidation sites excluding steroid dienone is 3. The van der Waals surface area contributed by atoms with Crippen LogP contribution >= 0.6 is 0 Å². The van der Waals surface area contributed by atoms with E-state index in [1.54, 1.807) is 0 Å². The molecule has 0 amide bonds. The van der Waals surface area contributed by atoms with Gasteiger partial charge < -0.3 is 9.94 Å². The molecule has 160 valence electrons. The van der Waals surface area contributed by atoms with Gasteiger partial charge in [0, 0.05) is 31.3 Å². The zero-order valence-electron chi connectivity index (χ0n) is 18.1. The number of aromatic nitrogens is 1. The van der Waals surface area contributed by atoms with E-state index in [-0.39, 0.29) is 6.04 Å². The molecular formula is C25H38N2O2. The Balaban J connectivity index is 1.48. The minimum absolute atomic E-state index is 0.166. The van der Waals surface area contributed by atoms with Crippen LogP contribution in [0.25, 0.3) is 0 Å². The van der Waals surface area contributed by atoms with Crippen LogP contribution in [0.5, 0.6) is 0 Å². The molecule has 0 spiro atoms. The zero-order chi connectivity index (χ0) is 20.5. The van der Waals surface area contributed by atoms with Crippen LogP contribution in [0.4, 0.5) is 0 Å². The highest BCUT2D eigenvalue weighted by Crippen LogP contribution is 2.37. The zero-order valence-corrected chi connectivity index (χ0v) is 18.1. The van der Waals surface area contributed by atoms with Crippen molar-refractivity contribution in [1.29, 1.82) is 0 Å². The van der Waals surface area contributed by atoms with Gasteiger partial charge >= 0.3 is 0 Å². The van der Waals surface area contributed by atoms with E-state index in [1.807, 2.05) is 18.5 Å². The number of hydroxylamine groups is 1. The molecule has 1 heterocycles. The highest BCUT2D eigenvalue weighted by Gasteiger charge is 2.27. The lowest BCUT2D eigenvalue weighted by Gasteiger charge is -2.33. The topological polar surface area (TPSA) is 54.4 Å². The van der Waals surface area contributed by atoms with Crippen molar-refractivity contribution in [3.63, 3.8) is 0 Å². The smallest absolute Gasteiger partial charge is 0.0996 e. The number of rotatable bonds is 9. The number of ether oxygens (including phenoxy) is 1. The van der Waals surface area contributed by atoms with Crippen molar-refractivity contribution in [2.75, 3.05) is 0 Å². The molecule has 4 atom stereocenters. The fraction of sp³-hybridized carbons (Fsp3) is 0.640. The van der Waals surface area contributed by atoms with Crippen LogP contribution in [0.2, 0.25) is 0 Å². The monoisotopic (exact) mass is 398 g/mol. The van der Waals surface area contributed by atoms with Gasteiger partial charge in [-0.1, -0.05) is 26.3 Å². The number of hydrogen-bond acceptors (Lipinski definition) is 4. The summed E-state index contributed by atoms with van der Waals surface area (Å²) in [5.41, 5.74) is 3.76. The molecule has 0 saturated carbocycles. The summed E-state index contributed by atoms with van der Waals surface area (Å²) in [5.74, 6) is 4.50. The lowest BCUT2D eigenvalue weighted by atomic mass is 9.74. The number of nitrogens with zero attached hydrogens (tertiary/aromatic N) is 1. The summed E-state index contributed by atoms with van der Waals surface area (Å²) in [4.78, 5) is 4.25. The predicted octanol–water partition coefficient (Wildman–Crippen LogP) is 6.18. The summed E-state index contributed by atoms with van der Waals surface area (Å²) in [7, 11) is 0. The Hall–Kier alpha value is -1.65. The van der Waals surface area contributed by atoms with Crippen LogP contribution in [-0.4, -0.2) is 16.2 Å². The van der Waals surface area contributed by atoms with Crippen LogP contribution in [0.3, 0.4) is 0 Å². The Labute approximate surface area is 176 Å². The van der Waals surface area contributed by atoms with E-state index in [0.29, 0.717) is 0 Å². The molecule has 0 aliphatic heterocycles. The second-order valence-corrected chi connectivity index (χ2v) is 8.86. The summed E-state index contributed by atoms with van der Waals surface area (Å²) >= 11 is 0. The summed E-state index contributed by atoms with van der Waals surface area (Å²) in [5, 5.41) is 9.14. The molecule has 2 aliphatic carbocycles.